The number of anilines is 1. The molecule has 0 aliphatic rings. The molecule has 0 radical (unpaired) electrons. The van der Waals surface area contributed by atoms with Gasteiger partial charge in [0.2, 0.25) is 5.91 Å². The van der Waals surface area contributed by atoms with Crippen molar-refractivity contribution in [2.75, 3.05) is 11.9 Å². The summed E-state index contributed by atoms with van der Waals surface area (Å²) in [5.41, 5.74) is 1.50. The first-order chi connectivity index (χ1) is 10.1. The molecule has 1 amide bonds. The third-order valence-corrected chi connectivity index (χ3v) is 3.84. The van der Waals surface area contributed by atoms with Crippen molar-refractivity contribution in [1.29, 1.82) is 0 Å². The molecule has 2 aromatic rings. The standard InChI is InChI=1S/C15H16N2O3S/c1-3-20-15(19)14-10(2)8-13(21-14)17-12(18)9-11-6-4-5-7-16-11/h4-8H,3,9H2,1-2H3,(H,17,18). The van der Waals surface area contributed by atoms with Crippen LogP contribution in [0.15, 0.2) is 30.5 Å². The monoisotopic (exact) mass is 304 g/mol. The molecular weight excluding hydrogens is 288 g/mol. The molecule has 2 heterocycles. The Morgan fingerprint density at radius 1 is 1.38 bits per heavy atom. The van der Waals surface area contributed by atoms with Crippen LogP contribution in [0, 0.1) is 6.92 Å². The molecule has 5 nitrogen and oxygen atoms in total. The van der Waals surface area contributed by atoms with Gasteiger partial charge in [0.15, 0.2) is 0 Å². The van der Waals surface area contributed by atoms with Crippen LogP contribution in [0.25, 0.3) is 0 Å². The minimum Gasteiger partial charge on any atom is -0.462 e. The first-order valence-corrected chi connectivity index (χ1v) is 7.39. The smallest absolute Gasteiger partial charge is 0.348 e. The van der Waals surface area contributed by atoms with E-state index in [4.69, 9.17) is 4.74 Å². The zero-order valence-electron chi connectivity index (χ0n) is 11.9. The molecular formula is C15H16N2O3S. The fourth-order valence-corrected chi connectivity index (χ4v) is 2.77. The van der Waals surface area contributed by atoms with E-state index in [0.29, 0.717) is 22.2 Å². The highest BCUT2D eigenvalue weighted by molar-refractivity contribution is 7.18. The molecule has 0 aromatic carbocycles. The number of carbonyl (C=O) groups excluding carboxylic acids is 2. The van der Waals surface area contributed by atoms with Gasteiger partial charge in [0, 0.05) is 11.9 Å². The highest BCUT2D eigenvalue weighted by atomic mass is 32.1. The number of carbonyl (C=O) groups is 2. The molecule has 21 heavy (non-hydrogen) atoms. The van der Waals surface area contributed by atoms with Crippen molar-refractivity contribution in [2.45, 2.75) is 20.3 Å². The molecule has 2 rings (SSSR count). The van der Waals surface area contributed by atoms with Crippen LogP contribution in [0.4, 0.5) is 5.00 Å². The maximum atomic E-state index is 11.9. The molecule has 0 aliphatic heterocycles. The predicted molar refractivity (Wildman–Crippen MR) is 81.6 cm³/mol. The molecule has 0 fully saturated rings. The summed E-state index contributed by atoms with van der Waals surface area (Å²) in [4.78, 5) is 28.3. The number of hydrogen-bond acceptors (Lipinski definition) is 5. The second kappa shape index (κ2) is 6.99. The van der Waals surface area contributed by atoms with Gasteiger partial charge in [0.25, 0.3) is 0 Å². The van der Waals surface area contributed by atoms with E-state index >= 15 is 0 Å². The molecule has 0 bridgehead atoms. The van der Waals surface area contributed by atoms with E-state index in [0.717, 1.165) is 5.56 Å². The Morgan fingerprint density at radius 3 is 2.86 bits per heavy atom. The third kappa shape index (κ3) is 4.13. The Kier molecular flexibility index (Phi) is 5.05. The lowest BCUT2D eigenvalue weighted by Gasteiger charge is -2.01. The lowest BCUT2D eigenvalue weighted by molar-refractivity contribution is -0.115. The van der Waals surface area contributed by atoms with Gasteiger partial charge in [-0.05, 0) is 37.6 Å². The van der Waals surface area contributed by atoms with Gasteiger partial charge in [0.05, 0.1) is 18.0 Å². The summed E-state index contributed by atoms with van der Waals surface area (Å²) in [6, 6.07) is 7.20. The number of amides is 1. The van der Waals surface area contributed by atoms with E-state index in [1.54, 1.807) is 31.3 Å². The number of aryl methyl sites for hydroxylation is 1. The third-order valence-electron chi connectivity index (χ3n) is 2.71. The first-order valence-electron chi connectivity index (χ1n) is 6.57. The number of nitrogens with zero attached hydrogens (tertiary/aromatic N) is 1. The van der Waals surface area contributed by atoms with Crippen LogP contribution in [0.2, 0.25) is 0 Å². The summed E-state index contributed by atoms with van der Waals surface area (Å²) >= 11 is 1.22. The summed E-state index contributed by atoms with van der Waals surface area (Å²) in [6.45, 7) is 3.91. The van der Waals surface area contributed by atoms with Gasteiger partial charge in [-0.25, -0.2) is 4.79 Å². The zero-order chi connectivity index (χ0) is 15.2. The second-order valence-electron chi connectivity index (χ2n) is 4.39. The van der Waals surface area contributed by atoms with Gasteiger partial charge in [-0.1, -0.05) is 6.07 Å². The van der Waals surface area contributed by atoms with Crippen molar-refractivity contribution in [2.24, 2.45) is 0 Å². The summed E-state index contributed by atoms with van der Waals surface area (Å²) in [6.07, 6.45) is 1.85. The number of ether oxygens (including phenoxy) is 1. The molecule has 0 aliphatic carbocycles. The van der Waals surface area contributed by atoms with Gasteiger partial charge in [-0.3, -0.25) is 9.78 Å². The summed E-state index contributed by atoms with van der Waals surface area (Å²) in [7, 11) is 0. The van der Waals surface area contributed by atoms with E-state index in [2.05, 4.69) is 10.3 Å². The first kappa shape index (κ1) is 15.2. The fourth-order valence-electron chi connectivity index (χ4n) is 1.79. The number of thiophene rings is 1. The lowest BCUT2D eigenvalue weighted by Crippen LogP contribution is -2.14. The van der Waals surface area contributed by atoms with Gasteiger partial charge in [-0.2, -0.15) is 0 Å². The summed E-state index contributed by atoms with van der Waals surface area (Å²) < 4.78 is 4.97. The van der Waals surface area contributed by atoms with Crippen LogP contribution in [0.1, 0.15) is 27.9 Å². The van der Waals surface area contributed by atoms with Crippen LogP contribution in [0.3, 0.4) is 0 Å². The molecule has 2 aromatic heterocycles. The topological polar surface area (TPSA) is 68.3 Å². The Labute approximate surface area is 127 Å². The molecule has 0 saturated heterocycles. The largest absolute Gasteiger partial charge is 0.462 e. The lowest BCUT2D eigenvalue weighted by atomic mass is 10.2. The number of hydrogen-bond donors (Lipinski definition) is 1. The number of pyridine rings is 1. The van der Waals surface area contributed by atoms with E-state index < -0.39 is 0 Å². The van der Waals surface area contributed by atoms with Crippen molar-refractivity contribution in [1.82, 2.24) is 4.98 Å². The number of aromatic nitrogens is 1. The van der Waals surface area contributed by atoms with Gasteiger partial charge >= 0.3 is 5.97 Å². The van der Waals surface area contributed by atoms with Crippen molar-refractivity contribution >= 4 is 28.2 Å². The average molecular weight is 304 g/mol. The fraction of sp³-hybridized carbons (Fsp3) is 0.267. The Hall–Kier alpha value is -2.21. The summed E-state index contributed by atoms with van der Waals surface area (Å²) in [5.74, 6) is -0.518. The quantitative estimate of drug-likeness (QED) is 0.862. The molecule has 110 valence electrons. The van der Waals surface area contributed by atoms with E-state index in [1.165, 1.54) is 11.3 Å². The van der Waals surface area contributed by atoms with Crippen LogP contribution >= 0.6 is 11.3 Å². The van der Waals surface area contributed by atoms with Crippen molar-refractivity contribution in [3.63, 3.8) is 0 Å². The minimum absolute atomic E-state index is 0.162. The molecule has 0 unspecified atom stereocenters. The molecule has 6 heteroatoms. The van der Waals surface area contributed by atoms with Gasteiger partial charge in [0.1, 0.15) is 4.88 Å². The molecule has 0 atom stereocenters. The predicted octanol–water partition coefficient (Wildman–Crippen LogP) is 2.81. The molecule has 0 spiro atoms. The number of esters is 1. The highest BCUT2D eigenvalue weighted by Crippen LogP contribution is 2.27. The summed E-state index contributed by atoms with van der Waals surface area (Å²) in [5, 5.41) is 3.42. The Morgan fingerprint density at radius 2 is 2.19 bits per heavy atom. The van der Waals surface area contributed by atoms with Crippen LogP contribution in [-0.4, -0.2) is 23.5 Å². The Bertz CT molecular complexity index is 638. The van der Waals surface area contributed by atoms with Crippen LogP contribution in [0.5, 0.6) is 0 Å². The second-order valence-corrected chi connectivity index (χ2v) is 5.44. The van der Waals surface area contributed by atoms with Crippen molar-refractivity contribution < 1.29 is 14.3 Å². The van der Waals surface area contributed by atoms with E-state index in [9.17, 15) is 9.59 Å². The maximum absolute atomic E-state index is 11.9. The van der Waals surface area contributed by atoms with E-state index in [-0.39, 0.29) is 18.3 Å². The Balaban J connectivity index is 2.01. The number of nitrogens with one attached hydrogen (secondary N) is 1. The van der Waals surface area contributed by atoms with Crippen LogP contribution < -0.4 is 5.32 Å². The van der Waals surface area contributed by atoms with Gasteiger partial charge < -0.3 is 10.1 Å². The van der Waals surface area contributed by atoms with Crippen LogP contribution in [-0.2, 0) is 16.0 Å². The maximum Gasteiger partial charge on any atom is 0.348 e. The molecule has 1 N–H and O–H groups in total. The number of rotatable bonds is 5. The van der Waals surface area contributed by atoms with Crippen molar-refractivity contribution in [3.05, 3.63) is 46.6 Å². The minimum atomic E-state index is -0.356. The zero-order valence-corrected chi connectivity index (χ0v) is 12.7. The SMILES string of the molecule is CCOC(=O)c1sc(NC(=O)Cc2ccccn2)cc1C. The highest BCUT2D eigenvalue weighted by Gasteiger charge is 2.16. The molecule has 0 saturated carbocycles. The van der Waals surface area contributed by atoms with E-state index in [1.807, 2.05) is 13.0 Å². The van der Waals surface area contributed by atoms with Crippen molar-refractivity contribution in [3.8, 4) is 0 Å². The van der Waals surface area contributed by atoms with Gasteiger partial charge in [-0.15, -0.1) is 11.3 Å². The average Bonchev–Trinajstić information content (AvgIpc) is 2.80. The normalized spacial score (nSPS) is 10.2.